The number of anilines is 1. The summed E-state index contributed by atoms with van der Waals surface area (Å²) in [6.45, 7) is 4.17. The highest BCUT2D eigenvalue weighted by molar-refractivity contribution is 5.49. The second kappa shape index (κ2) is 5.73. The molecule has 118 valence electrons. The van der Waals surface area contributed by atoms with Crippen LogP contribution in [0, 0.1) is 17.2 Å². The summed E-state index contributed by atoms with van der Waals surface area (Å²) in [5.41, 5.74) is 1.79. The van der Waals surface area contributed by atoms with E-state index in [4.69, 9.17) is 4.42 Å². The predicted molar refractivity (Wildman–Crippen MR) is 88.4 cm³/mol. The fourth-order valence-electron chi connectivity index (χ4n) is 3.68. The van der Waals surface area contributed by atoms with Gasteiger partial charge in [0.2, 0.25) is 17.5 Å². The highest BCUT2D eigenvalue weighted by atomic mass is 16.4. The van der Waals surface area contributed by atoms with Crippen molar-refractivity contribution in [2.75, 3.05) is 18.0 Å². The Balaban J connectivity index is 1.56. The molecular weight excluding hydrogens is 286 g/mol. The van der Waals surface area contributed by atoms with Crippen molar-refractivity contribution >= 4 is 5.88 Å². The van der Waals surface area contributed by atoms with Gasteiger partial charge in [-0.1, -0.05) is 37.3 Å². The van der Waals surface area contributed by atoms with Crippen LogP contribution in [0.25, 0.3) is 0 Å². The first kappa shape index (κ1) is 14.3. The second-order valence-electron chi connectivity index (χ2n) is 6.87. The fraction of sp³-hybridized carbons (Fsp3) is 0.474. The van der Waals surface area contributed by atoms with E-state index in [1.807, 2.05) is 6.07 Å². The number of nitriles is 1. The molecule has 2 heterocycles. The SMILES string of the molecule is C[C@@H]1CCCN(c2oc([C@@H]3C[C@@H]3c3ccccc3)nc2C#N)C1. The third kappa shape index (κ3) is 2.72. The van der Waals surface area contributed by atoms with Gasteiger partial charge in [0.15, 0.2) is 0 Å². The fourth-order valence-corrected chi connectivity index (χ4v) is 3.68. The quantitative estimate of drug-likeness (QED) is 0.858. The van der Waals surface area contributed by atoms with Gasteiger partial charge in [-0.05, 0) is 36.7 Å². The molecule has 4 rings (SSSR count). The molecule has 1 aliphatic carbocycles. The summed E-state index contributed by atoms with van der Waals surface area (Å²) in [5, 5.41) is 9.41. The summed E-state index contributed by atoms with van der Waals surface area (Å²) in [6, 6.07) is 12.7. The minimum absolute atomic E-state index is 0.320. The predicted octanol–water partition coefficient (Wildman–Crippen LogP) is 4.05. The van der Waals surface area contributed by atoms with Gasteiger partial charge in [0.05, 0.1) is 0 Å². The van der Waals surface area contributed by atoms with Crippen molar-refractivity contribution in [3.8, 4) is 6.07 Å². The van der Waals surface area contributed by atoms with Crippen molar-refractivity contribution in [2.24, 2.45) is 5.92 Å². The van der Waals surface area contributed by atoms with Crippen LogP contribution < -0.4 is 4.90 Å². The Kier molecular flexibility index (Phi) is 3.57. The number of benzene rings is 1. The Morgan fingerprint density at radius 1 is 1.26 bits per heavy atom. The molecule has 0 spiro atoms. The summed E-state index contributed by atoms with van der Waals surface area (Å²) in [4.78, 5) is 6.69. The van der Waals surface area contributed by atoms with E-state index in [1.165, 1.54) is 12.0 Å². The van der Waals surface area contributed by atoms with Gasteiger partial charge in [0.1, 0.15) is 6.07 Å². The first-order valence-corrected chi connectivity index (χ1v) is 8.47. The second-order valence-corrected chi connectivity index (χ2v) is 6.87. The van der Waals surface area contributed by atoms with Crippen LogP contribution in [0.15, 0.2) is 34.7 Å². The van der Waals surface area contributed by atoms with Gasteiger partial charge in [0.25, 0.3) is 0 Å². The van der Waals surface area contributed by atoms with Gasteiger partial charge in [-0.2, -0.15) is 5.26 Å². The highest BCUT2D eigenvalue weighted by Gasteiger charge is 2.44. The third-order valence-corrected chi connectivity index (χ3v) is 5.01. The van der Waals surface area contributed by atoms with Crippen molar-refractivity contribution in [3.05, 3.63) is 47.5 Å². The molecule has 1 saturated heterocycles. The van der Waals surface area contributed by atoms with Gasteiger partial charge >= 0.3 is 0 Å². The molecule has 1 saturated carbocycles. The third-order valence-electron chi connectivity index (χ3n) is 5.01. The Morgan fingerprint density at radius 3 is 2.83 bits per heavy atom. The summed E-state index contributed by atoms with van der Waals surface area (Å²) in [5.74, 6) is 2.87. The number of piperidine rings is 1. The molecule has 1 aromatic carbocycles. The molecule has 2 aromatic rings. The molecule has 0 bridgehead atoms. The van der Waals surface area contributed by atoms with Crippen LogP contribution in [0.3, 0.4) is 0 Å². The molecular formula is C19H21N3O. The lowest BCUT2D eigenvalue weighted by Crippen LogP contribution is -2.34. The normalized spacial score (nSPS) is 26.8. The van der Waals surface area contributed by atoms with Crippen molar-refractivity contribution in [2.45, 2.75) is 38.0 Å². The molecule has 3 atom stereocenters. The monoisotopic (exact) mass is 307 g/mol. The molecule has 2 aliphatic rings. The molecule has 23 heavy (non-hydrogen) atoms. The van der Waals surface area contributed by atoms with Crippen molar-refractivity contribution in [3.63, 3.8) is 0 Å². The zero-order chi connectivity index (χ0) is 15.8. The maximum Gasteiger partial charge on any atom is 0.234 e. The lowest BCUT2D eigenvalue weighted by molar-refractivity contribution is 0.410. The molecule has 4 nitrogen and oxygen atoms in total. The number of rotatable bonds is 3. The first-order valence-electron chi connectivity index (χ1n) is 8.47. The van der Waals surface area contributed by atoms with Gasteiger partial charge in [-0.15, -0.1) is 0 Å². The van der Waals surface area contributed by atoms with E-state index in [9.17, 15) is 5.26 Å². The Bertz CT molecular complexity index is 731. The Morgan fingerprint density at radius 2 is 2.09 bits per heavy atom. The number of hydrogen-bond acceptors (Lipinski definition) is 4. The Hall–Kier alpha value is -2.28. The van der Waals surface area contributed by atoms with E-state index >= 15 is 0 Å². The van der Waals surface area contributed by atoms with Crippen molar-refractivity contribution in [1.29, 1.82) is 5.26 Å². The van der Waals surface area contributed by atoms with Gasteiger partial charge in [-0.3, -0.25) is 0 Å². The lowest BCUT2D eigenvalue weighted by atomic mass is 10.0. The van der Waals surface area contributed by atoms with Crippen LogP contribution in [0.5, 0.6) is 0 Å². The maximum absolute atomic E-state index is 9.41. The topological polar surface area (TPSA) is 53.1 Å². The molecule has 0 amide bonds. The molecule has 0 unspecified atom stereocenters. The molecule has 1 aliphatic heterocycles. The molecule has 4 heteroatoms. The minimum atomic E-state index is 0.320. The van der Waals surface area contributed by atoms with Crippen molar-refractivity contribution < 1.29 is 4.42 Å². The summed E-state index contributed by atoms with van der Waals surface area (Å²) < 4.78 is 6.06. The van der Waals surface area contributed by atoms with Gasteiger partial charge in [-0.25, -0.2) is 4.98 Å². The number of hydrogen-bond donors (Lipinski definition) is 0. The van der Waals surface area contributed by atoms with Crippen LogP contribution in [-0.2, 0) is 0 Å². The Labute approximate surface area is 136 Å². The highest BCUT2D eigenvalue weighted by Crippen LogP contribution is 2.54. The van der Waals surface area contributed by atoms with Crippen LogP contribution in [0.2, 0.25) is 0 Å². The van der Waals surface area contributed by atoms with Gasteiger partial charge < -0.3 is 9.32 Å². The van der Waals surface area contributed by atoms with E-state index in [0.717, 1.165) is 31.8 Å². The summed E-state index contributed by atoms with van der Waals surface area (Å²) >= 11 is 0. The van der Waals surface area contributed by atoms with Crippen molar-refractivity contribution in [1.82, 2.24) is 4.98 Å². The standard InChI is InChI=1S/C19H21N3O/c1-13-6-5-9-22(12-13)19-17(11-20)21-18(23-19)16-10-15(16)14-7-3-2-4-8-14/h2-4,7-8,13,15-16H,5-6,9-10,12H2,1H3/t13-,15-,16-/m1/s1. The average molecular weight is 307 g/mol. The zero-order valence-electron chi connectivity index (χ0n) is 13.4. The first-order chi connectivity index (χ1) is 11.3. The summed E-state index contributed by atoms with van der Waals surface area (Å²) in [6.07, 6.45) is 3.46. The average Bonchev–Trinajstić information content (AvgIpc) is 3.27. The van der Waals surface area contributed by atoms with Gasteiger partial charge in [0, 0.05) is 19.0 Å². The van der Waals surface area contributed by atoms with E-state index in [0.29, 0.717) is 29.3 Å². The molecule has 1 aromatic heterocycles. The lowest BCUT2D eigenvalue weighted by Gasteiger charge is -2.30. The molecule has 2 fully saturated rings. The van der Waals surface area contributed by atoms with E-state index < -0.39 is 0 Å². The number of nitrogens with zero attached hydrogens (tertiary/aromatic N) is 3. The van der Waals surface area contributed by atoms with Crippen LogP contribution in [0.1, 0.15) is 55.2 Å². The number of aromatic nitrogens is 1. The van der Waals surface area contributed by atoms with E-state index in [1.54, 1.807) is 0 Å². The van der Waals surface area contributed by atoms with Crippen LogP contribution in [-0.4, -0.2) is 18.1 Å². The smallest absolute Gasteiger partial charge is 0.234 e. The van der Waals surface area contributed by atoms with Crippen LogP contribution in [0.4, 0.5) is 5.88 Å². The van der Waals surface area contributed by atoms with Crippen LogP contribution >= 0.6 is 0 Å². The maximum atomic E-state index is 9.41. The van der Waals surface area contributed by atoms with E-state index in [2.05, 4.69) is 47.1 Å². The molecule has 0 radical (unpaired) electrons. The van der Waals surface area contributed by atoms with E-state index in [-0.39, 0.29) is 0 Å². The minimum Gasteiger partial charge on any atom is -0.423 e. The zero-order valence-corrected chi connectivity index (χ0v) is 13.4. The molecule has 0 N–H and O–H groups in total. The number of oxazole rings is 1. The largest absolute Gasteiger partial charge is 0.423 e. The summed E-state index contributed by atoms with van der Waals surface area (Å²) in [7, 11) is 0.